The molecular formula is C15H13Br2ClFNO. The van der Waals surface area contributed by atoms with Crippen molar-refractivity contribution in [3.05, 3.63) is 67.3 Å². The molecule has 0 saturated heterocycles. The minimum Gasteiger partial charge on any atom is -0.388 e. The van der Waals surface area contributed by atoms with Crippen LogP contribution in [0.15, 0.2) is 45.3 Å². The molecule has 0 heterocycles. The predicted octanol–water partition coefficient (Wildman–Crippen LogP) is 4.78. The zero-order valence-corrected chi connectivity index (χ0v) is 14.8. The molecule has 0 fully saturated rings. The van der Waals surface area contributed by atoms with E-state index in [1.165, 1.54) is 12.1 Å². The van der Waals surface area contributed by atoms with Crippen LogP contribution in [0.25, 0.3) is 0 Å². The Kier molecular flexibility index (Phi) is 5.80. The topological polar surface area (TPSA) is 46.2 Å². The van der Waals surface area contributed by atoms with Gasteiger partial charge in [-0.2, -0.15) is 0 Å². The molecule has 6 heteroatoms. The van der Waals surface area contributed by atoms with Gasteiger partial charge in [-0.05, 0) is 41.5 Å². The average molecular weight is 438 g/mol. The largest absolute Gasteiger partial charge is 0.388 e. The molecule has 112 valence electrons. The van der Waals surface area contributed by atoms with Crippen LogP contribution in [-0.4, -0.2) is 11.7 Å². The van der Waals surface area contributed by atoms with E-state index in [9.17, 15) is 9.50 Å². The fourth-order valence-electron chi connectivity index (χ4n) is 2.21. The molecule has 0 aliphatic rings. The van der Waals surface area contributed by atoms with Crippen LogP contribution < -0.4 is 5.73 Å². The van der Waals surface area contributed by atoms with Crippen LogP contribution in [0.5, 0.6) is 0 Å². The second kappa shape index (κ2) is 7.20. The maximum absolute atomic E-state index is 13.2. The van der Waals surface area contributed by atoms with E-state index in [1.807, 2.05) is 18.2 Å². The highest BCUT2D eigenvalue weighted by atomic mass is 79.9. The van der Waals surface area contributed by atoms with E-state index in [0.717, 1.165) is 8.95 Å². The molecule has 0 aliphatic heterocycles. The molecule has 0 saturated carbocycles. The standard InChI is InChI=1S/C15H13Br2ClFNO/c16-9-3-8(4-10(17)5-9)15(21)13(7-20)12-2-1-11(19)6-14(12)18/h1-6,13,15,21H,7,20H2. The Morgan fingerprint density at radius 1 is 1.14 bits per heavy atom. The van der Waals surface area contributed by atoms with Crippen LogP contribution >= 0.6 is 43.5 Å². The predicted molar refractivity (Wildman–Crippen MR) is 90.0 cm³/mol. The number of hydrogen-bond donors (Lipinski definition) is 2. The quantitative estimate of drug-likeness (QED) is 0.723. The van der Waals surface area contributed by atoms with Gasteiger partial charge in [-0.3, -0.25) is 0 Å². The van der Waals surface area contributed by atoms with Gasteiger partial charge in [0.1, 0.15) is 5.82 Å². The normalized spacial score (nSPS) is 14.0. The van der Waals surface area contributed by atoms with Gasteiger partial charge in [-0.1, -0.05) is 49.5 Å². The SMILES string of the molecule is NCC(c1ccc(F)cc1Cl)C(O)c1cc(Br)cc(Br)c1. The van der Waals surface area contributed by atoms with Crippen LogP contribution in [0, 0.1) is 5.82 Å². The first kappa shape index (κ1) is 16.9. The fourth-order valence-corrected chi connectivity index (χ4v) is 3.84. The monoisotopic (exact) mass is 435 g/mol. The van der Waals surface area contributed by atoms with E-state index in [1.54, 1.807) is 6.07 Å². The molecule has 3 N–H and O–H groups in total. The molecule has 2 aromatic rings. The summed E-state index contributed by atoms with van der Waals surface area (Å²) in [5.41, 5.74) is 7.12. The number of benzene rings is 2. The van der Waals surface area contributed by atoms with Crippen molar-refractivity contribution < 1.29 is 9.50 Å². The minimum atomic E-state index is -0.841. The summed E-state index contributed by atoms with van der Waals surface area (Å²) in [5, 5.41) is 10.9. The molecule has 0 radical (unpaired) electrons. The summed E-state index contributed by atoms with van der Waals surface area (Å²) >= 11 is 12.8. The van der Waals surface area contributed by atoms with Gasteiger partial charge in [0.25, 0.3) is 0 Å². The molecule has 0 spiro atoms. The smallest absolute Gasteiger partial charge is 0.124 e. The second-order valence-electron chi connectivity index (χ2n) is 4.66. The van der Waals surface area contributed by atoms with Crippen molar-refractivity contribution >= 4 is 43.5 Å². The van der Waals surface area contributed by atoms with Crippen LogP contribution in [0.4, 0.5) is 4.39 Å². The maximum atomic E-state index is 13.2. The summed E-state index contributed by atoms with van der Waals surface area (Å²) in [7, 11) is 0. The summed E-state index contributed by atoms with van der Waals surface area (Å²) in [5.74, 6) is -0.835. The lowest BCUT2D eigenvalue weighted by Crippen LogP contribution is -2.20. The summed E-state index contributed by atoms with van der Waals surface area (Å²) < 4.78 is 14.8. The highest BCUT2D eigenvalue weighted by molar-refractivity contribution is 9.11. The van der Waals surface area contributed by atoms with Gasteiger partial charge in [0.2, 0.25) is 0 Å². The van der Waals surface area contributed by atoms with E-state index < -0.39 is 17.8 Å². The third kappa shape index (κ3) is 4.05. The Labute approximate surface area is 144 Å². The van der Waals surface area contributed by atoms with E-state index in [-0.39, 0.29) is 11.6 Å². The van der Waals surface area contributed by atoms with Crippen LogP contribution in [-0.2, 0) is 0 Å². The molecule has 2 atom stereocenters. The van der Waals surface area contributed by atoms with Gasteiger partial charge < -0.3 is 10.8 Å². The Morgan fingerprint density at radius 3 is 2.29 bits per heavy atom. The van der Waals surface area contributed by atoms with E-state index in [0.29, 0.717) is 11.1 Å². The summed E-state index contributed by atoms with van der Waals surface area (Å²) in [4.78, 5) is 0. The van der Waals surface area contributed by atoms with Gasteiger partial charge in [0.15, 0.2) is 0 Å². The second-order valence-corrected chi connectivity index (χ2v) is 6.89. The average Bonchev–Trinajstić information content (AvgIpc) is 2.40. The summed E-state index contributed by atoms with van der Waals surface area (Å²) in [6, 6.07) is 9.60. The Morgan fingerprint density at radius 2 is 1.76 bits per heavy atom. The molecule has 2 rings (SSSR count). The van der Waals surface area contributed by atoms with E-state index >= 15 is 0 Å². The van der Waals surface area contributed by atoms with E-state index in [4.69, 9.17) is 17.3 Å². The number of nitrogens with two attached hydrogens (primary N) is 1. The number of aliphatic hydroxyl groups excluding tert-OH is 1. The van der Waals surface area contributed by atoms with Gasteiger partial charge in [-0.15, -0.1) is 0 Å². The summed E-state index contributed by atoms with van der Waals surface area (Å²) in [6.45, 7) is 0.191. The van der Waals surface area contributed by atoms with Gasteiger partial charge in [-0.25, -0.2) is 4.39 Å². The molecule has 0 bridgehead atoms. The first-order valence-corrected chi connectivity index (χ1v) is 8.18. The van der Waals surface area contributed by atoms with Crippen molar-refractivity contribution in [3.63, 3.8) is 0 Å². The van der Waals surface area contributed by atoms with Crippen LogP contribution in [0.1, 0.15) is 23.1 Å². The molecule has 2 unspecified atom stereocenters. The highest BCUT2D eigenvalue weighted by Crippen LogP contribution is 2.36. The molecular weight excluding hydrogens is 424 g/mol. The number of hydrogen-bond acceptors (Lipinski definition) is 2. The zero-order chi connectivity index (χ0) is 15.6. The van der Waals surface area contributed by atoms with Crippen molar-refractivity contribution in [1.29, 1.82) is 0 Å². The minimum absolute atomic E-state index is 0.191. The van der Waals surface area contributed by atoms with Crippen molar-refractivity contribution in [1.82, 2.24) is 0 Å². The van der Waals surface area contributed by atoms with E-state index in [2.05, 4.69) is 31.9 Å². The number of rotatable bonds is 4. The third-order valence-corrected chi connectivity index (χ3v) is 4.47. The fraction of sp³-hybridized carbons (Fsp3) is 0.200. The van der Waals surface area contributed by atoms with Crippen molar-refractivity contribution in [3.8, 4) is 0 Å². The lowest BCUT2D eigenvalue weighted by molar-refractivity contribution is 0.147. The Bertz CT molecular complexity index is 633. The van der Waals surface area contributed by atoms with Gasteiger partial charge in [0.05, 0.1) is 6.10 Å². The highest BCUT2D eigenvalue weighted by Gasteiger charge is 2.24. The maximum Gasteiger partial charge on any atom is 0.124 e. The molecule has 0 aromatic heterocycles. The summed E-state index contributed by atoms with van der Waals surface area (Å²) in [6.07, 6.45) is -0.841. The number of aliphatic hydroxyl groups is 1. The molecule has 0 aliphatic carbocycles. The first-order chi connectivity index (χ1) is 9.92. The number of halogens is 4. The Hall–Kier alpha value is -0.460. The molecule has 2 nitrogen and oxygen atoms in total. The van der Waals surface area contributed by atoms with Crippen LogP contribution in [0.2, 0.25) is 5.02 Å². The van der Waals surface area contributed by atoms with Crippen molar-refractivity contribution in [2.45, 2.75) is 12.0 Å². The lowest BCUT2D eigenvalue weighted by atomic mass is 9.89. The van der Waals surface area contributed by atoms with Crippen molar-refractivity contribution in [2.24, 2.45) is 5.73 Å². The Balaban J connectivity index is 2.40. The van der Waals surface area contributed by atoms with Crippen molar-refractivity contribution in [2.75, 3.05) is 6.54 Å². The van der Waals surface area contributed by atoms with Gasteiger partial charge >= 0.3 is 0 Å². The lowest BCUT2D eigenvalue weighted by Gasteiger charge is -2.23. The van der Waals surface area contributed by atoms with Gasteiger partial charge in [0, 0.05) is 26.4 Å². The third-order valence-electron chi connectivity index (χ3n) is 3.22. The molecule has 0 amide bonds. The molecule has 21 heavy (non-hydrogen) atoms. The zero-order valence-electron chi connectivity index (χ0n) is 10.9. The van der Waals surface area contributed by atoms with Crippen LogP contribution in [0.3, 0.4) is 0 Å². The first-order valence-electron chi connectivity index (χ1n) is 6.21. The molecule has 2 aromatic carbocycles.